The van der Waals surface area contributed by atoms with Crippen LogP contribution in [0, 0.1) is 18.7 Å². The molecule has 0 aliphatic heterocycles. The zero-order valence-corrected chi connectivity index (χ0v) is 12.8. The summed E-state index contributed by atoms with van der Waals surface area (Å²) in [7, 11) is 0. The molecule has 2 unspecified atom stereocenters. The Kier molecular flexibility index (Phi) is 7.07. The van der Waals surface area contributed by atoms with Gasteiger partial charge in [0.25, 0.3) is 0 Å². The third-order valence-corrected chi connectivity index (χ3v) is 3.64. The molecule has 1 rings (SSSR count). The van der Waals surface area contributed by atoms with Gasteiger partial charge in [-0.2, -0.15) is 0 Å². The number of hydrogen-bond acceptors (Lipinski definition) is 1. The van der Waals surface area contributed by atoms with E-state index in [1.165, 1.54) is 18.4 Å². The summed E-state index contributed by atoms with van der Waals surface area (Å²) in [6.45, 7) is 9.56. The number of hydrogen-bond donors (Lipinski definition) is 1. The maximum Gasteiger partial charge on any atom is 0.126 e. The molecule has 1 N–H and O–H groups in total. The Morgan fingerprint density at radius 1 is 1.21 bits per heavy atom. The van der Waals surface area contributed by atoms with Gasteiger partial charge in [0, 0.05) is 6.04 Å². The number of benzene rings is 1. The minimum atomic E-state index is -0.111. The summed E-state index contributed by atoms with van der Waals surface area (Å²) in [5.74, 6) is 0.587. The molecule has 0 saturated carbocycles. The van der Waals surface area contributed by atoms with Gasteiger partial charge in [0.15, 0.2) is 0 Å². The van der Waals surface area contributed by atoms with E-state index in [1.54, 1.807) is 6.07 Å². The molecule has 1 aromatic carbocycles. The standard InChI is InChI=1S/C17H28FN/c1-5-7-13(3)11-17(19-10-6-2)15-8-9-16(18)14(4)12-15/h8-9,12-13,17,19H,5-7,10-11H2,1-4H3. The molecular formula is C17H28FN. The third-order valence-electron chi connectivity index (χ3n) is 3.64. The van der Waals surface area contributed by atoms with Crippen molar-refractivity contribution in [3.63, 3.8) is 0 Å². The summed E-state index contributed by atoms with van der Waals surface area (Å²) in [5.41, 5.74) is 1.96. The Morgan fingerprint density at radius 2 is 1.95 bits per heavy atom. The van der Waals surface area contributed by atoms with Gasteiger partial charge < -0.3 is 5.32 Å². The van der Waals surface area contributed by atoms with E-state index in [2.05, 4.69) is 26.1 Å². The maximum absolute atomic E-state index is 13.4. The summed E-state index contributed by atoms with van der Waals surface area (Å²) in [6.07, 6.45) is 4.73. The Bertz CT molecular complexity index is 376. The van der Waals surface area contributed by atoms with Crippen molar-refractivity contribution in [1.29, 1.82) is 0 Å². The molecule has 0 amide bonds. The van der Waals surface area contributed by atoms with Gasteiger partial charge in [0.1, 0.15) is 5.82 Å². The molecule has 0 aromatic heterocycles. The van der Waals surface area contributed by atoms with Crippen LogP contribution in [-0.2, 0) is 0 Å². The van der Waals surface area contributed by atoms with Crippen LogP contribution in [-0.4, -0.2) is 6.54 Å². The predicted octanol–water partition coefficient (Wildman–Crippen LogP) is 5.00. The first-order valence-electron chi connectivity index (χ1n) is 7.57. The van der Waals surface area contributed by atoms with Crippen LogP contribution in [0.2, 0.25) is 0 Å². The van der Waals surface area contributed by atoms with Crippen molar-refractivity contribution < 1.29 is 4.39 Å². The van der Waals surface area contributed by atoms with Crippen LogP contribution < -0.4 is 5.32 Å². The fourth-order valence-electron chi connectivity index (χ4n) is 2.55. The molecule has 2 heteroatoms. The minimum absolute atomic E-state index is 0.111. The zero-order valence-electron chi connectivity index (χ0n) is 12.8. The second-order valence-electron chi connectivity index (χ2n) is 5.64. The van der Waals surface area contributed by atoms with Crippen LogP contribution in [0.25, 0.3) is 0 Å². The molecule has 0 radical (unpaired) electrons. The summed E-state index contributed by atoms with van der Waals surface area (Å²) in [5, 5.41) is 3.60. The summed E-state index contributed by atoms with van der Waals surface area (Å²) < 4.78 is 13.4. The average Bonchev–Trinajstić information content (AvgIpc) is 2.38. The lowest BCUT2D eigenvalue weighted by atomic mass is 9.92. The van der Waals surface area contributed by atoms with Crippen LogP contribution in [0.1, 0.15) is 63.6 Å². The lowest BCUT2D eigenvalue weighted by Gasteiger charge is -2.23. The number of nitrogens with one attached hydrogen (secondary N) is 1. The maximum atomic E-state index is 13.4. The molecule has 0 fully saturated rings. The van der Waals surface area contributed by atoms with Crippen molar-refractivity contribution in [3.8, 4) is 0 Å². The molecule has 1 aromatic rings. The summed E-state index contributed by atoms with van der Waals surface area (Å²) in [4.78, 5) is 0. The highest BCUT2D eigenvalue weighted by Gasteiger charge is 2.15. The molecule has 0 saturated heterocycles. The van der Waals surface area contributed by atoms with Gasteiger partial charge in [-0.25, -0.2) is 4.39 Å². The normalized spacial score (nSPS) is 14.4. The summed E-state index contributed by atoms with van der Waals surface area (Å²) in [6, 6.07) is 5.85. The van der Waals surface area contributed by atoms with E-state index >= 15 is 0 Å². The Hall–Kier alpha value is -0.890. The Labute approximate surface area is 117 Å². The molecule has 19 heavy (non-hydrogen) atoms. The van der Waals surface area contributed by atoms with E-state index < -0.39 is 0 Å². The molecular weight excluding hydrogens is 237 g/mol. The van der Waals surface area contributed by atoms with Gasteiger partial charge in [-0.1, -0.05) is 45.7 Å². The van der Waals surface area contributed by atoms with Gasteiger partial charge >= 0.3 is 0 Å². The Balaban J connectivity index is 2.79. The SMILES string of the molecule is CCCNC(CC(C)CCC)c1ccc(F)c(C)c1. The van der Waals surface area contributed by atoms with Gasteiger partial charge in [-0.3, -0.25) is 0 Å². The molecule has 0 bridgehead atoms. The first-order valence-corrected chi connectivity index (χ1v) is 7.57. The predicted molar refractivity (Wildman–Crippen MR) is 80.9 cm³/mol. The van der Waals surface area contributed by atoms with Gasteiger partial charge in [-0.05, 0) is 49.4 Å². The number of halogens is 1. The van der Waals surface area contributed by atoms with Crippen molar-refractivity contribution in [2.45, 2.75) is 59.4 Å². The van der Waals surface area contributed by atoms with Crippen molar-refractivity contribution in [3.05, 3.63) is 35.1 Å². The quantitative estimate of drug-likeness (QED) is 0.697. The second kappa shape index (κ2) is 8.31. The van der Waals surface area contributed by atoms with E-state index in [0.717, 1.165) is 24.9 Å². The average molecular weight is 265 g/mol. The second-order valence-corrected chi connectivity index (χ2v) is 5.64. The van der Waals surface area contributed by atoms with Crippen LogP contribution in [0.5, 0.6) is 0 Å². The molecule has 1 nitrogen and oxygen atoms in total. The smallest absolute Gasteiger partial charge is 0.126 e. The van der Waals surface area contributed by atoms with E-state index in [-0.39, 0.29) is 5.82 Å². The highest BCUT2D eigenvalue weighted by Crippen LogP contribution is 2.25. The lowest BCUT2D eigenvalue weighted by Crippen LogP contribution is -2.24. The fourth-order valence-corrected chi connectivity index (χ4v) is 2.55. The van der Waals surface area contributed by atoms with Crippen LogP contribution in [0.4, 0.5) is 4.39 Å². The monoisotopic (exact) mass is 265 g/mol. The first kappa shape index (κ1) is 16.2. The van der Waals surface area contributed by atoms with E-state index in [4.69, 9.17) is 0 Å². The number of aryl methyl sites for hydroxylation is 1. The van der Waals surface area contributed by atoms with Crippen LogP contribution >= 0.6 is 0 Å². The van der Waals surface area contributed by atoms with Crippen LogP contribution in [0.3, 0.4) is 0 Å². The molecule has 0 spiro atoms. The van der Waals surface area contributed by atoms with E-state index in [9.17, 15) is 4.39 Å². The lowest BCUT2D eigenvalue weighted by molar-refractivity contribution is 0.390. The van der Waals surface area contributed by atoms with Crippen molar-refractivity contribution in [2.75, 3.05) is 6.54 Å². The molecule has 108 valence electrons. The molecule has 0 heterocycles. The van der Waals surface area contributed by atoms with Crippen molar-refractivity contribution in [2.24, 2.45) is 5.92 Å². The van der Waals surface area contributed by atoms with Gasteiger partial charge in [-0.15, -0.1) is 0 Å². The van der Waals surface area contributed by atoms with Gasteiger partial charge in [0.2, 0.25) is 0 Å². The van der Waals surface area contributed by atoms with E-state index in [0.29, 0.717) is 12.0 Å². The largest absolute Gasteiger partial charge is 0.310 e. The van der Waals surface area contributed by atoms with Gasteiger partial charge in [0.05, 0.1) is 0 Å². The van der Waals surface area contributed by atoms with Crippen molar-refractivity contribution >= 4 is 0 Å². The Morgan fingerprint density at radius 3 is 2.53 bits per heavy atom. The highest BCUT2D eigenvalue weighted by atomic mass is 19.1. The highest BCUT2D eigenvalue weighted by molar-refractivity contribution is 5.26. The minimum Gasteiger partial charge on any atom is -0.310 e. The van der Waals surface area contributed by atoms with E-state index in [1.807, 2.05) is 19.1 Å². The third kappa shape index (κ3) is 5.32. The topological polar surface area (TPSA) is 12.0 Å². The first-order chi connectivity index (χ1) is 9.08. The number of rotatable bonds is 8. The fraction of sp³-hybridized carbons (Fsp3) is 0.647. The molecule has 2 atom stereocenters. The van der Waals surface area contributed by atoms with Crippen molar-refractivity contribution in [1.82, 2.24) is 5.32 Å². The molecule has 0 aliphatic rings. The molecule has 0 aliphatic carbocycles. The summed E-state index contributed by atoms with van der Waals surface area (Å²) >= 11 is 0. The zero-order chi connectivity index (χ0) is 14.3. The van der Waals surface area contributed by atoms with Crippen LogP contribution in [0.15, 0.2) is 18.2 Å².